The molecule has 3 rings (SSSR count). The SMILES string of the molecule is Cc1nn(C)c(C)c1/C=C/C(=O)OCC(=O)N1CCC(Cc2ccccc2)CC1. The van der Waals surface area contributed by atoms with Gasteiger partial charge in [-0.2, -0.15) is 5.10 Å². The molecule has 1 aliphatic heterocycles. The number of likely N-dealkylation sites (tertiary alicyclic amines) is 1. The fraction of sp³-hybridized carbons (Fsp3) is 0.435. The van der Waals surface area contributed by atoms with E-state index in [-0.39, 0.29) is 12.5 Å². The van der Waals surface area contributed by atoms with Crippen LogP contribution in [0, 0.1) is 19.8 Å². The minimum atomic E-state index is -0.514. The van der Waals surface area contributed by atoms with E-state index in [4.69, 9.17) is 4.74 Å². The van der Waals surface area contributed by atoms with E-state index in [0.717, 1.165) is 49.3 Å². The first-order valence-electron chi connectivity index (χ1n) is 10.1. The Bertz CT molecular complexity index is 878. The highest BCUT2D eigenvalue weighted by atomic mass is 16.5. The Hall–Kier alpha value is -2.89. The van der Waals surface area contributed by atoms with Crippen molar-refractivity contribution < 1.29 is 14.3 Å². The molecule has 1 aliphatic rings. The van der Waals surface area contributed by atoms with E-state index in [1.54, 1.807) is 15.7 Å². The number of aromatic nitrogens is 2. The Kier molecular flexibility index (Phi) is 6.86. The summed E-state index contributed by atoms with van der Waals surface area (Å²) in [7, 11) is 1.86. The molecule has 29 heavy (non-hydrogen) atoms. The number of amides is 1. The van der Waals surface area contributed by atoms with Gasteiger partial charge in [0, 0.05) is 37.5 Å². The van der Waals surface area contributed by atoms with E-state index in [2.05, 4.69) is 29.4 Å². The van der Waals surface area contributed by atoms with Gasteiger partial charge in [0.25, 0.3) is 5.91 Å². The number of carbonyl (C=O) groups excluding carboxylic acids is 2. The maximum atomic E-state index is 12.4. The Labute approximate surface area is 172 Å². The summed E-state index contributed by atoms with van der Waals surface area (Å²) in [5.41, 5.74) is 4.07. The van der Waals surface area contributed by atoms with Crippen molar-refractivity contribution >= 4 is 18.0 Å². The number of carbonyl (C=O) groups is 2. The van der Waals surface area contributed by atoms with Gasteiger partial charge in [0.15, 0.2) is 6.61 Å². The predicted molar refractivity (Wildman–Crippen MR) is 112 cm³/mol. The van der Waals surface area contributed by atoms with Gasteiger partial charge in [-0.05, 0) is 50.7 Å². The number of benzene rings is 1. The van der Waals surface area contributed by atoms with Gasteiger partial charge in [-0.1, -0.05) is 30.3 Å². The second-order valence-corrected chi connectivity index (χ2v) is 7.66. The van der Waals surface area contributed by atoms with Gasteiger partial charge in [0.05, 0.1) is 5.69 Å². The van der Waals surface area contributed by atoms with Gasteiger partial charge < -0.3 is 9.64 Å². The van der Waals surface area contributed by atoms with Crippen LogP contribution in [0.3, 0.4) is 0 Å². The standard InChI is InChI=1S/C23H29N3O3/c1-17-21(18(2)25(3)24-17)9-10-23(28)29-16-22(27)26-13-11-20(12-14-26)15-19-7-5-4-6-8-19/h4-10,20H,11-16H2,1-3H3/b10-9+. The third-order valence-corrected chi connectivity index (χ3v) is 5.62. The lowest BCUT2D eigenvalue weighted by Crippen LogP contribution is -2.41. The maximum absolute atomic E-state index is 12.4. The minimum absolute atomic E-state index is 0.126. The third kappa shape index (κ3) is 5.56. The van der Waals surface area contributed by atoms with Crippen LogP contribution in [0.25, 0.3) is 6.08 Å². The Morgan fingerprint density at radius 2 is 1.86 bits per heavy atom. The van der Waals surface area contributed by atoms with Crippen molar-refractivity contribution in [3.8, 4) is 0 Å². The van der Waals surface area contributed by atoms with Gasteiger partial charge >= 0.3 is 5.97 Å². The van der Waals surface area contributed by atoms with E-state index in [0.29, 0.717) is 5.92 Å². The van der Waals surface area contributed by atoms with Crippen LogP contribution in [0.1, 0.15) is 35.4 Å². The number of esters is 1. The first-order chi connectivity index (χ1) is 13.9. The predicted octanol–water partition coefficient (Wildman–Crippen LogP) is 3.07. The van der Waals surface area contributed by atoms with E-state index >= 15 is 0 Å². The lowest BCUT2D eigenvalue weighted by atomic mass is 9.90. The van der Waals surface area contributed by atoms with E-state index < -0.39 is 5.97 Å². The largest absolute Gasteiger partial charge is 0.452 e. The molecule has 1 fully saturated rings. The highest BCUT2D eigenvalue weighted by Gasteiger charge is 2.23. The molecule has 0 bridgehead atoms. The maximum Gasteiger partial charge on any atom is 0.331 e. The topological polar surface area (TPSA) is 64.4 Å². The third-order valence-electron chi connectivity index (χ3n) is 5.62. The smallest absolute Gasteiger partial charge is 0.331 e. The number of ether oxygens (including phenoxy) is 1. The Morgan fingerprint density at radius 3 is 2.48 bits per heavy atom. The van der Waals surface area contributed by atoms with Crippen LogP contribution in [-0.2, 0) is 27.8 Å². The van der Waals surface area contributed by atoms with Crippen LogP contribution < -0.4 is 0 Å². The Morgan fingerprint density at radius 1 is 1.17 bits per heavy atom. The molecule has 6 nitrogen and oxygen atoms in total. The van der Waals surface area contributed by atoms with Gasteiger partial charge in [-0.3, -0.25) is 9.48 Å². The molecule has 1 amide bonds. The molecule has 1 saturated heterocycles. The van der Waals surface area contributed by atoms with Crippen LogP contribution in [0.2, 0.25) is 0 Å². The molecule has 6 heteroatoms. The van der Waals surface area contributed by atoms with Gasteiger partial charge in [0.1, 0.15) is 0 Å². The van der Waals surface area contributed by atoms with Crippen molar-refractivity contribution in [3.05, 3.63) is 58.9 Å². The average molecular weight is 396 g/mol. The van der Waals surface area contributed by atoms with Gasteiger partial charge in [-0.25, -0.2) is 4.79 Å². The van der Waals surface area contributed by atoms with Crippen LogP contribution >= 0.6 is 0 Å². The van der Waals surface area contributed by atoms with Crippen molar-refractivity contribution in [2.45, 2.75) is 33.1 Å². The number of piperidine rings is 1. The molecular weight excluding hydrogens is 366 g/mol. The van der Waals surface area contributed by atoms with Crippen molar-refractivity contribution in [1.82, 2.24) is 14.7 Å². The molecule has 1 aromatic carbocycles. The fourth-order valence-corrected chi connectivity index (χ4v) is 3.79. The molecule has 0 atom stereocenters. The molecule has 0 aliphatic carbocycles. The molecule has 2 heterocycles. The van der Waals surface area contributed by atoms with Crippen molar-refractivity contribution in [2.75, 3.05) is 19.7 Å². The average Bonchev–Trinajstić information content (AvgIpc) is 2.97. The molecule has 154 valence electrons. The van der Waals surface area contributed by atoms with E-state index in [9.17, 15) is 9.59 Å². The summed E-state index contributed by atoms with van der Waals surface area (Å²) in [5.74, 6) is -0.0449. The molecule has 0 spiro atoms. The molecule has 0 radical (unpaired) electrons. The van der Waals surface area contributed by atoms with Crippen molar-refractivity contribution in [3.63, 3.8) is 0 Å². The summed E-state index contributed by atoms with van der Waals surface area (Å²) in [6.45, 7) is 5.06. The number of rotatable bonds is 6. The van der Waals surface area contributed by atoms with Crippen LogP contribution in [0.5, 0.6) is 0 Å². The molecular formula is C23H29N3O3. The lowest BCUT2D eigenvalue weighted by molar-refractivity contribution is -0.148. The quantitative estimate of drug-likeness (QED) is 0.557. The van der Waals surface area contributed by atoms with Crippen LogP contribution in [-0.4, -0.2) is 46.3 Å². The lowest BCUT2D eigenvalue weighted by Gasteiger charge is -2.32. The number of aryl methyl sites for hydroxylation is 2. The summed E-state index contributed by atoms with van der Waals surface area (Å²) in [6, 6.07) is 10.5. The zero-order valence-electron chi connectivity index (χ0n) is 17.4. The monoisotopic (exact) mass is 395 g/mol. The summed E-state index contributed by atoms with van der Waals surface area (Å²) in [5, 5.41) is 4.31. The molecule has 0 N–H and O–H groups in total. The number of hydrogen-bond acceptors (Lipinski definition) is 4. The number of nitrogens with zero attached hydrogens (tertiary/aromatic N) is 3. The second kappa shape index (κ2) is 9.54. The fourth-order valence-electron chi connectivity index (χ4n) is 3.79. The first-order valence-corrected chi connectivity index (χ1v) is 10.1. The van der Waals surface area contributed by atoms with E-state index in [1.165, 1.54) is 11.6 Å². The minimum Gasteiger partial charge on any atom is -0.452 e. The Balaban J connectivity index is 1.41. The zero-order chi connectivity index (χ0) is 20.8. The number of hydrogen-bond donors (Lipinski definition) is 0. The zero-order valence-corrected chi connectivity index (χ0v) is 17.4. The summed E-state index contributed by atoms with van der Waals surface area (Å²) < 4.78 is 6.91. The second-order valence-electron chi connectivity index (χ2n) is 7.66. The van der Waals surface area contributed by atoms with Crippen LogP contribution in [0.4, 0.5) is 0 Å². The van der Waals surface area contributed by atoms with Crippen molar-refractivity contribution in [2.24, 2.45) is 13.0 Å². The summed E-state index contributed by atoms with van der Waals surface area (Å²) >= 11 is 0. The van der Waals surface area contributed by atoms with Gasteiger partial charge in [-0.15, -0.1) is 0 Å². The highest BCUT2D eigenvalue weighted by molar-refractivity contribution is 5.89. The van der Waals surface area contributed by atoms with E-state index in [1.807, 2.05) is 27.0 Å². The van der Waals surface area contributed by atoms with Crippen molar-refractivity contribution in [1.29, 1.82) is 0 Å². The molecule has 0 unspecified atom stereocenters. The molecule has 0 saturated carbocycles. The highest BCUT2D eigenvalue weighted by Crippen LogP contribution is 2.21. The normalized spacial score (nSPS) is 15.1. The van der Waals surface area contributed by atoms with Gasteiger partial charge in [0.2, 0.25) is 0 Å². The van der Waals surface area contributed by atoms with Crippen LogP contribution in [0.15, 0.2) is 36.4 Å². The summed E-state index contributed by atoms with van der Waals surface area (Å²) in [6.07, 6.45) is 6.06. The molecule has 2 aromatic rings. The first kappa shape index (κ1) is 20.8. The molecule has 1 aromatic heterocycles. The summed E-state index contributed by atoms with van der Waals surface area (Å²) in [4.78, 5) is 26.1.